The van der Waals surface area contributed by atoms with Crippen molar-refractivity contribution < 1.29 is 24.2 Å². The Hall–Kier alpha value is -3.32. The first-order valence-corrected chi connectivity index (χ1v) is 10.7. The van der Waals surface area contributed by atoms with E-state index in [9.17, 15) is 14.7 Å². The van der Waals surface area contributed by atoms with E-state index in [0.29, 0.717) is 36.6 Å². The number of aliphatic hydroxyl groups excluding tert-OH is 1. The number of ether oxygens (including phenoxy) is 2. The zero-order valence-electron chi connectivity index (χ0n) is 19.0. The molecule has 0 spiro atoms. The number of likely N-dealkylation sites (tertiary alicyclic amines) is 1. The van der Waals surface area contributed by atoms with Gasteiger partial charge in [-0.25, -0.2) is 0 Å². The lowest BCUT2D eigenvalue weighted by Gasteiger charge is -2.26. The predicted octanol–water partition coefficient (Wildman–Crippen LogP) is 3.47. The molecule has 2 aromatic carbocycles. The standard InChI is InChI=1S/C25H30N2O5/c1-5-32-20-9-6-8-18(16-20)22-21(23(28)17-10-12-19(31-4)13-11-17)24(29)25(30)27(22)15-7-14-26(2)3/h6,8-13,16,22,28H,5,7,14-15H2,1-4H3. The molecule has 1 unspecified atom stereocenters. The lowest BCUT2D eigenvalue weighted by atomic mass is 9.95. The first-order chi connectivity index (χ1) is 15.4. The molecule has 1 heterocycles. The summed E-state index contributed by atoms with van der Waals surface area (Å²) in [5.74, 6) is -0.214. The van der Waals surface area contributed by atoms with Crippen molar-refractivity contribution in [2.75, 3.05) is 40.9 Å². The zero-order valence-corrected chi connectivity index (χ0v) is 19.0. The van der Waals surface area contributed by atoms with Gasteiger partial charge < -0.3 is 24.4 Å². The molecule has 1 aliphatic rings. The topological polar surface area (TPSA) is 79.3 Å². The van der Waals surface area contributed by atoms with Crippen LogP contribution in [-0.4, -0.2) is 67.5 Å². The Morgan fingerprint density at radius 3 is 2.44 bits per heavy atom. The van der Waals surface area contributed by atoms with Crippen molar-refractivity contribution in [2.24, 2.45) is 0 Å². The van der Waals surface area contributed by atoms with Crippen molar-refractivity contribution in [1.82, 2.24) is 9.80 Å². The molecule has 0 bridgehead atoms. The second kappa shape index (κ2) is 10.3. The molecule has 0 saturated carbocycles. The highest BCUT2D eigenvalue weighted by Gasteiger charge is 2.45. The van der Waals surface area contributed by atoms with Gasteiger partial charge in [0.1, 0.15) is 17.3 Å². The first kappa shape index (κ1) is 23.3. The average Bonchev–Trinajstić information content (AvgIpc) is 3.04. The molecule has 7 heteroatoms. The summed E-state index contributed by atoms with van der Waals surface area (Å²) in [6.45, 7) is 3.56. The molecule has 1 N–H and O–H groups in total. The molecule has 2 aromatic rings. The Kier molecular flexibility index (Phi) is 7.53. The van der Waals surface area contributed by atoms with Gasteiger partial charge in [-0.2, -0.15) is 0 Å². The summed E-state index contributed by atoms with van der Waals surface area (Å²) < 4.78 is 10.8. The van der Waals surface area contributed by atoms with Crippen LogP contribution in [0, 0.1) is 0 Å². The lowest BCUT2D eigenvalue weighted by molar-refractivity contribution is -0.139. The maximum absolute atomic E-state index is 13.1. The van der Waals surface area contributed by atoms with Crippen LogP contribution in [-0.2, 0) is 9.59 Å². The number of rotatable bonds is 9. The Morgan fingerprint density at radius 2 is 1.81 bits per heavy atom. The average molecular weight is 439 g/mol. The molecule has 1 saturated heterocycles. The normalized spacial score (nSPS) is 17.8. The van der Waals surface area contributed by atoms with Crippen LogP contribution in [0.3, 0.4) is 0 Å². The van der Waals surface area contributed by atoms with E-state index < -0.39 is 17.7 Å². The fraction of sp³-hybridized carbons (Fsp3) is 0.360. The third kappa shape index (κ3) is 4.94. The molecule has 7 nitrogen and oxygen atoms in total. The van der Waals surface area contributed by atoms with Crippen molar-refractivity contribution in [1.29, 1.82) is 0 Å². The second-order valence-electron chi connectivity index (χ2n) is 7.88. The van der Waals surface area contributed by atoms with Gasteiger partial charge in [-0.05, 0) is 75.9 Å². The molecule has 1 fully saturated rings. The van der Waals surface area contributed by atoms with Crippen molar-refractivity contribution in [3.8, 4) is 11.5 Å². The number of hydrogen-bond acceptors (Lipinski definition) is 6. The zero-order chi connectivity index (χ0) is 23.3. The van der Waals surface area contributed by atoms with Gasteiger partial charge in [0.25, 0.3) is 11.7 Å². The maximum atomic E-state index is 13.1. The van der Waals surface area contributed by atoms with Crippen LogP contribution < -0.4 is 9.47 Å². The SMILES string of the molecule is CCOc1cccc(C2C(=C(O)c3ccc(OC)cc3)C(=O)C(=O)N2CCCN(C)C)c1. The third-order valence-corrected chi connectivity index (χ3v) is 5.39. The molecule has 0 aromatic heterocycles. The number of carbonyl (C=O) groups excluding carboxylic acids is 2. The largest absolute Gasteiger partial charge is 0.507 e. The van der Waals surface area contributed by atoms with Crippen molar-refractivity contribution in [3.63, 3.8) is 0 Å². The second-order valence-corrected chi connectivity index (χ2v) is 7.88. The molecule has 3 rings (SSSR count). The number of benzene rings is 2. The van der Waals surface area contributed by atoms with Crippen molar-refractivity contribution in [3.05, 3.63) is 65.2 Å². The van der Waals surface area contributed by atoms with E-state index in [0.717, 1.165) is 12.1 Å². The van der Waals surface area contributed by atoms with Gasteiger partial charge in [0.2, 0.25) is 0 Å². The van der Waals surface area contributed by atoms with Crippen molar-refractivity contribution >= 4 is 17.4 Å². The van der Waals surface area contributed by atoms with Crippen LogP contribution in [0.15, 0.2) is 54.1 Å². The molecule has 1 amide bonds. The first-order valence-electron chi connectivity index (χ1n) is 10.7. The highest BCUT2D eigenvalue weighted by Crippen LogP contribution is 2.40. The van der Waals surface area contributed by atoms with Gasteiger partial charge in [0, 0.05) is 12.1 Å². The van der Waals surface area contributed by atoms with Gasteiger partial charge in [0.15, 0.2) is 0 Å². The summed E-state index contributed by atoms with van der Waals surface area (Å²) in [6, 6.07) is 13.4. The third-order valence-electron chi connectivity index (χ3n) is 5.39. The molecular weight excluding hydrogens is 408 g/mol. The van der Waals surface area contributed by atoms with Crippen LogP contribution in [0.5, 0.6) is 11.5 Å². The maximum Gasteiger partial charge on any atom is 0.295 e. The minimum atomic E-state index is -0.695. The fourth-order valence-electron chi connectivity index (χ4n) is 3.86. The van der Waals surface area contributed by atoms with E-state index in [2.05, 4.69) is 0 Å². The van der Waals surface area contributed by atoms with Crippen LogP contribution in [0.4, 0.5) is 0 Å². The number of Topliss-reactive ketones (excluding diaryl/α,β-unsaturated/α-hetero) is 1. The Labute approximate surface area is 188 Å². The monoisotopic (exact) mass is 438 g/mol. The van der Waals surface area contributed by atoms with Crippen molar-refractivity contribution in [2.45, 2.75) is 19.4 Å². The van der Waals surface area contributed by atoms with Gasteiger partial charge in [0.05, 0.1) is 25.3 Å². The van der Waals surface area contributed by atoms with Crippen LogP contribution in [0.1, 0.15) is 30.5 Å². The van der Waals surface area contributed by atoms with E-state index in [1.54, 1.807) is 36.3 Å². The number of nitrogens with zero attached hydrogens (tertiary/aromatic N) is 2. The van der Waals surface area contributed by atoms with Crippen LogP contribution >= 0.6 is 0 Å². The molecule has 32 heavy (non-hydrogen) atoms. The molecular formula is C25H30N2O5. The van der Waals surface area contributed by atoms with E-state index in [-0.39, 0.29) is 11.3 Å². The number of amides is 1. The lowest BCUT2D eigenvalue weighted by Crippen LogP contribution is -2.32. The van der Waals surface area contributed by atoms with E-state index in [1.165, 1.54) is 0 Å². The van der Waals surface area contributed by atoms with Gasteiger partial charge in [-0.15, -0.1) is 0 Å². The summed E-state index contributed by atoms with van der Waals surface area (Å²) in [7, 11) is 5.47. The van der Waals surface area contributed by atoms with Crippen LogP contribution in [0.25, 0.3) is 5.76 Å². The number of methoxy groups -OCH3 is 1. The predicted molar refractivity (Wildman–Crippen MR) is 123 cm³/mol. The summed E-state index contributed by atoms with van der Waals surface area (Å²) in [4.78, 5) is 29.6. The number of carbonyl (C=O) groups is 2. The fourth-order valence-corrected chi connectivity index (χ4v) is 3.86. The van der Waals surface area contributed by atoms with Gasteiger partial charge >= 0.3 is 0 Å². The number of hydrogen-bond donors (Lipinski definition) is 1. The highest BCUT2D eigenvalue weighted by molar-refractivity contribution is 6.46. The Morgan fingerprint density at radius 1 is 1.09 bits per heavy atom. The van der Waals surface area contributed by atoms with E-state index >= 15 is 0 Å². The minimum absolute atomic E-state index is 0.0821. The summed E-state index contributed by atoms with van der Waals surface area (Å²) >= 11 is 0. The van der Waals surface area contributed by atoms with Gasteiger partial charge in [-0.1, -0.05) is 12.1 Å². The summed E-state index contributed by atoms with van der Waals surface area (Å²) in [6.07, 6.45) is 0.699. The molecule has 0 radical (unpaired) electrons. The number of ketones is 1. The van der Waals surface area contributed by atoms with E-state index in [1.807, 2.05) is 50.2 Å². The number of aliphatic hydroxyl groups is 1. The molecule has 1 atom stereocenters. The molecule has 0 aliphatic carbocycles. The highest BCUT2D eigenvalue weighted by atomic mass is 16.5. The van der Waals surface area contributed by atoms with Crippen LogP contribution in [0.2, 0.25) is 0 Å². The van der Waals surface area contributed by atoms with E-state index in [4.69, 9.17) is 9.47 Å². The molecule has 170 valence electrons. The summed E-state index contributed by atoms with van der Waals surface area (Å²) in [5.41, 5.74) is 1.25. The van der Waals surface area contributed by atoms with Gasteiger partial charge in [-0.3, -0.25) is 9.59 Å². The summed E-state index contributed by atoms with van der Waals surface area (Å²) in [5, 5.41) is 11.1. The minimum Gasteiger partial charge on any atom is -0.507 e. The quantitative estimate of drug-likeness (QED) is 0.367. The Balaban J connectivity index is 2.08. The smallest absolute Gasteiger partial charge is 0.295 e. The molecule has 1 aliphatic heterocycles. The Bertz CT molecular complexity index is 998.